The average molecular weight is 238 g/mol. The van der Waals surface area contributed by atoms with E-state index in [0.29, 0.717) is 11.5 Å². The molecule has 0 saturated carbocycles. The van der Waals surface area contributed by atoms with Crippen molar-refractivity contribution in [1.29, 1.82) is 0 Å². The number of hydrogen-bond acceptors (Lipinski definition) is 2. The van der Waals surface area contributed by atoms with Crippen LogP contribution in [0.1, 0.15) is 36.7 Å². The molecule has 0 aliphatic carbocycles. The van der Waals surface area contributed by atoms with E-state index in [1.165, 1.54) is 0 Å². The monoisotopic (exact) mass is 238 g/mol. The van der Waals surface area contributed by atoms with Crippen LogP contribution in [0, 0.1) is 5.92 Å². The number of methoxy groups -OCH3 is 1. The zero-order valence-electron chi connectivity index (χ0n) is 11.1. The Morgan fingerprint density at radius 1 is 1.29 bits per heavy atom. The molecule has 0 unspecified atom stereocenters. The molecule has 0 aliphatic heterocycles. The maximum absolute atomic E-state index is 10.4. The van der Waals surface area contributed by atoms with Crippen molar-refractivity contribution in [2.45, 2.75) is 27.2 Å². The fraction of sp³-hybridized carbons (Fsp3) is 0.500. The van der Waals surface area contributed by atoms with Gasteiger partial charge in [0.05, 0.1) is 5.56 Å². The van der Waals surface area contributed by atoms with E-state index in [4.69, 9.17) is 9.84 Å². The van der Waals surface area contributed by atoms with E-state index in [1.54, 1.807) is 19.2 Å². The van der Waals surface area contributed by atoms with Gasteiger partial charge >= 0.3 is 5.97 Å². The Balaban J connectivity index is 0.000000366. The van der Waals surface area contributed by atoms with Gasteiger partial charge in [-0.3, -0.25) is 0 Å². The maximum atomic E-state index is 10.4. The number of hydrogen-bond donors (Lipinski definition) is 1. The average Bonchev–Trinajstić information content (AvgIpc) is 2.29. The second kappa shape index (κ2) is 8.76. The van der Waals surface area contributed by atoms with Gasteiger partial charge in [-0.25, -0.2) is 4.79 Å². The van der Waals surface area contributed by atoms with Crippen molar-refractivity contribution in [1.82, 2.24) is 0 Å². The standard InChI is InChI=1S/C9H10O2.C5H12O/c1-2-7-3-5-8(6-4-7)9(10)11;1-5(2)4-6-3/h3-6H,2H2,1H3,(H,10,11);5H,4H2,1-3H3. The quantitative estimate of drug-likeness (QED) is 0.876. The molecule has 0 saturated heterocycles. The van der Waals surface area contributed by atoms with E-state index >= 15 is 0 Å². The Hall–Kier alpha value is -1.35. The van der Waals surface area contributed by atoms with Crippen molar-refractivity contribution < 1.29 is 14.6 Å². The van der Waals surface area contributed by atoms with Crippen molar-refractivity contribution in [3.05, 3.63) is 35.4 Å². The predicted molar refractivity (Wildman–Crippen MR) is 69.5 cm³/mol. The van der Waals surface area contributed by atoms with E-state index < -0.39 is 5.97 Å². The molecule has 0 heterocycles. The summed E-state index contributed by atoms with van der Waals surface area (Å²) in [6.45, 7) is 7.17. The highest BCUT2D eigenvalue weighted by atomic mass is 16.5. The summed E-state index contributed by atoms with van der Waals surface area (Å²) in [7, 11) is 1.72. The third-order valence-corrected chi connectivity index (χ3v) is 2.11. The minimum absolute atomic E-state index is 0.349. The van der Waals surface area contributed by atoms with Crippen molar-refractivity contribution >= 4 is 5.97 Å². The number of aromatic carboxylic acids is 1. The van der Waals surface area contributed by atoms with Gasteiger partial charge in [0.25, 0.3) is 0 Å². The Kier molecular flexibility index (Phi) is 8.07. The molecular weight excluding hydrogens is 216 g/mol. The number of aryl methyl sites for hydroxylation is 1. The number of ether oxygens (including phenoxy) is 1. The van der Waals surface area contributed by atoms with Crippen molar-refractivity contribution in [3.8, 4) is 0 Å². The van der Waals surface area contributed by atoms with Gasteiger partial charge in [0.15, 0.2) is 0 Å². The zero-order valence-corrected chi connectivity index (χ0v) is 11.1. The van der Waals surface area contributed by atoms with Crippen LogP contribution in [-0.4, -0.2) is 24.8 Å². The molecule has 0 aliphatic rings. The lowest BCUT2D eigenvalue weighted by Crippen LogP contribution is -1.96. The second-order valence-corrected chi connectivity index (χ2v) is 4.20. The summed E-state index contributed by atoms with van der Waals surface area (Å²) in [4.78, 5) is 10.4. The smallest absolute Gasteiger partial charge is 0.335 e. The lowest BCUT2D eigenvalue weighted by molar-refractivity contribution is 0.0697. The minimum Gasteiger partial charge on any atom is -0.478 e. The van der Waals surface area contributed by atoms with Crippen LogP contribution < -0.4 is 0 Å². The third kappa shape index (κ3) is 7.53. The lowest BCUT2D eigenvalue weighted by Gasteiger charge is -1.97. The maximum Gasteiger partial charge on any atom is 0.335 e. The Labute approximate surface area is 103 Å². The number of benzene rings is 1. The van der Waals surface area contributed by atoms with Gasteiger partial charge in [-0.05, 0) is 30.0 Å². The molecule has 17 heavy (non-hydrogen) atoms. The number of carboxylic acids is 1. The molecule has 0 amide bonds. The fourth-order valence-electron chi connectivity index (χ4n) is 1.22. The molecule has 0 fully saturated rings. The van der Waals surface area contributed by atoms with Gasteiger partial charge in [0.2, 0.25) is 0 Å². The highest BCUT2D eigenvalue weighted by molar-refractivity contribution is 5.87. The molecule has 1 aromatic rings. The first-order chi connectivity index (χ1) is 8.01. The molecule has 3 nitrogen and oxygen atoms in total. The molecule has 0 radical (unpaired) electrons. The molecule has 1 aromatic carbocycles. The molecule has 0 bridgehead atoms. The largest absolute Gasteiger partial charge is 0.478 e. The first-order valence-corrected chi connectivity index (χ1v) is 5.82. The predicted octanol–water partition coefficient (Wildman–Crippen LogP) is 3.24. The molecule has 1 rings (SSSR count). The summed E-state index contributed by atoms with van der Waals surface area (Å²) in [6.07, 6.45) is 0.944. The molecule has 96 valence electrons. The Bertz CT molecular complexity index is 315. The Morgan fingerprint density at radius 3 is 2.06 bits per heavy atom. The molecule has 0 spiro atoms. The van der Waals surface area contributed by atoms with E-state index in [9.17, 15) is 4.79 Å². The SMILES string of the molecule is CCc1ccc(C(=O)O)cc1.COCC(C)C. The van der Waals surface area contributed by atoms with Crippen molar-refractivity contribution in [3.63, 3.8) is 0 Å². The van der Waals surface area contributed by atoms with Crippen LogP contribution in [0.25, 0.3) is 0 Å². The van der Waals surface area contributed by atoms with E-state index in [2.05, 4.69) is 13.8 Å². The van der Waals surface area contributed by atoms with Crippen LogP contribution in [0.3, 0.4) is 0 Å². The Morgan fingerprint density at radius 2 is 1.82 bits per heavy atom. The highest BCUT2D eigenvalue weighted by Crippen LogP contribution is 2.04. The summed E-state index contributed by atoms with van der Waals surface area (Å²) in [5.41, 5.74) is 1.51. The summed E-state index contributed by atoms with van der Waals surface area (Å²) in [5, 5.41) is 8.55. The van der Waals surface area contributed by atoms with Gasteiger partial charge in [0, 0.05) is 13.7 Å². The first kappa shape index (κ1) is 15.7. The van der Waals surface area contributed by atoms with E-state index in [0.717, 1.165) is 18.6 Å². The van der Waals surface area contributed by atoms with Crippen LogP contribution in [0.4, 0.5) is 0 Å². The van der Waals surface area contributed by atoms with Crippen molar-refractivity contribution in [2.24, 2.45) is 5.92 Å². The van der Waals surface area contributed by atoms with Crippen LogP contribution >= 0.6 is 0 Å². The highest BCUT2D eigenvalue weighted by Gasteiger charge is 1.99. The summed E-state index contributed by atoms with van der Waals surface area (Å²) in [5.74, 6) is -0.192. The molecule has 1 N–H and O–H groups in total. The topological polar surface area (TPSA) is 46.5 Å². The molecular formula is C14H22O3. The summed E-state index contributed by atoms with van der Waals surface area (Å²) >= 11 is 0. The van der Waals surface area contributed by atoms with Gasteiger partial charge in [0.1, 0.15) is 0 Å². The minimum atomic E-state index is -0.868. The van der Waals surface area contributed by atoms with Gasteiger partial charge in [-0.15, -0.1) is 0 Å². The van der Waals surface area contributed by atoms with Gasteiger partial charge in [-0.2, -0.15) is 0 Å². The summed E-state index contributed by atoms with van der Waals surface area (Å²) < 4.78 is 4.80. The first-order valence-electron chi connectivity index (χ1n) is 5.82. The van der Waals surface area contributed by atoms with Crippen LogP contribution in [0.2, 0.25) is 0 Å². The van der Waals surface area contributed by atoms with E-state index in [-0.39, 0.29) is 0 Å². The second-order valence-electron chi connectivity index (χ2n) is 4.20. The number of rotatable bonds is 4. The van der Waals surface area contributed by atoms with Crippen LogP contribution in [0.15, 0.2) is 24.3 Å². The van der Waals surface area contributed by atoms with Crippen LogP contribution in [0.5, 0.6) is 0 Å². The van der Waals surface area contributed by atoms with E-state index in [1.807, 2.05) is 19.1 Å². The number of carbonyl (C=O) groups is 1. The normalized spacial score (nSPS) is 9.71. The fourth-order valence-corrected chi connectivity index (χ4v) is 1.22. The zero-order chi connectivity index (χ0) is 13.3. The molecule has 0 atom stereocenters. The third-order valence-electron chi connectivity index (χ3n) is 2.11. The molecule has 3 heteroatoms. The molecule has 0 aromatic heterocycles. The summed E-state index contributed by atoms with van der Waals surface area (Å²) in [6, 6.07) is 6.93. The van der Waals surface area contributed by atoms with Gasteiger partial charge < -0.3 is 9.84 Å². The van der Waals surface area contributed by atoms with Crippen LogP contribution in [-0.2, 0) is 11.2 Å². The lowest BCUT2D eigenvalue weighted by atomic mass is 10.1. The van der Waals surface area contributed by atoms with Crippen molar-refractivity contribution in [2.75, 3.05) is 13.7 Å². The number of carboxylic acid groups (broad SMARTS) is 1. The van der Waals surface area contributed by atoms with Gasteiger partial charge in [-0.1, -0.05) is 32.9 Å².